The SMILES string of the molecule is CCNC(=NCC1CCOc2ccccc21)N1CC2CCCCC2C1.I. The van der Waals surface area contributed by atoms with Gasteiger partial charge in [0, 0.05) is 32.1 Å². The molecule has 0 amide bonds. The third kappa shape index (κ3) is 4.29. The van der Waals surface area contributed by atoms with Gasteiger partial charge in [0.25, 0.3) is 0 Å². The second kappa shape index (κ2) is 9.29. The number of aliphatic imine (C=N–C) groups is 1. The Hall–Kier alpha value is -0.980. The molecule has 5 heteroatoms. The minimum Gasteiger partial charge on any atom is -0.493 e. The van der Waals surface area contributed by atoms with Gasteiger partial charge in [0.2, 0.25) is 0 Å². The van der Waals surface area contributed by atoms with Crippen molar-refractivity contribution in [2.45, 2.75) is 44.9 Å². The topological polar surface area (TPSA) is 36.9 Å². The van der Waals surface area contributed by atoms with E-state index in [1.807, 2.05) is 0 Å². The first-order valence-electron chi connectivity index (χ1n) is 10.1. The van der Waals surface area contributed by atoms with Gasteiger partial charge in [-0.15, -0.1) is 24.0 Å². The van der Waals surface area contributed by atoms with Gasteiger partial charge < -0.3 is 15.0 Å². The summed E-state index contributed by atoms with van der Waals surface area (Å²) in [4.78, 5) is 7.58. The summed E-state index contributed by atoms with van der Waals surface area (Å²) in [6.07, 6.45) is 6.72. The monoisotopic (exact) mass is 469 g/mol. The molecule has 0 radical (unpaired) electrons. The average Bonchev–Trinajstić information content (AvgIpc) is 3.09. The van der Waals surface area contributed by atoms with Crippen molar-refractivity contribution in [2.24, 2.45) is 16.8 Å². The van der Waals surface area contributed by atoms with Crippen LogP contribution in [-0.2, 0) is 0 Å². The lowest BCUT2D eigenvalue weighted by atomic mass is 9.82. The highest BCUT2D eigenvalue weighted by atomic mass is 127. The van der Waals surface area contributed by atoms with Gasteiger partial charge in [0.05, 0.1) is 6.61 Å². The number of hydrogen-bond acceptors (Lipinski definition) is 2. The van der Waals surface area contributed by atoms with E-state index < -0.39 is 0 Å². The number of halogens is 1. The highest BCUT2D eigenvalue weighted by Gasteiger charge is 2.35. The lowest BCUT2D eigenvalue weighted by Gasteiger charge is -2.26. The van der Waals surface area contributed by atoms with Crippen LogP contribution in [0.3, 0.4) is 0 Å². The number of hydrogen-bond donors (Lipinski definition) is 1. The number of benzene rings is 1. The van der Waals surface area contributed by atoms with Crippen molar-refractivity contribution in [1.29, 1.82) is 0 Å². The molecule has 2 fully saturated rings. The van der Waals surface area contributed by atoms with E-state index in [0.29, 0.717) is 5.92 Å². The van der Waals surface area contributed by atoms with Crippen LogP contribution in [0.25, 0.3) is 0 Å². The molecule has 4 nitrogen and oxygen atoms in total. The third-order valence-electron chi connectivity index (χ3n) is 6.15. The maximum atomic E-state index is 5.80. The second-order valence-electron chi connectivity index (χ2n) is 7.78. The lowest BCUT2D eigenvalue weighted by molar-refractivity contribution is 0.268. The second-order valence-corrected chi connectivity index (χ2v) is 7.78. The summed E-state index contributed by atoms with van der Waals surface area (Å²) >= 11 is 0. The smallest absolute Gasteiger partial charge is 0.193 e. The van der Waals surface area contributed by atoms with Gasteiger partial charge in [-0.2, -0.15) is 0 Å². The Kier molecular flexibility index (Phi) is 7.06. The molecule has 1 saturated heterocycles. The molecule has 26 heavy (non-hydrogen) atoms. The minimum absolute atomic E-state index is 0. The number of para-hydroxylation sites is 1. The van der Waals surface area contributed by atoms with Crippen LogP contribution >= 0.6 is 24.0 Å². The molecule has 144 valence electrons. The van der Waals surface area contributed by atoms with Crippen LogP contribution < -0.4 is 10.1 Å². The molecule has 3 atom stereocenters. The van der Waals surface area contributed by atoms with E-state index in [1.54, 1.807) is 0 Å². The van der Waals surface area contributed by atoms with Gasteiger partial charge in [0.15, 0.2) is 5.96 Å². The number of rotatable bonds is 3. The molecule has 4 rings (SSSR count). The maximum Gasteiger partial charge on any atom is 0.193 e. The predicted molar refractivity (Wildman–Crippen MR) is 118 cm³/mol. The Labute approximate surface area is 174 Å². The molecule has 1 aromatic carbocycles. The summed E-state index contributed by atoms with van der Waals surface area (Å²) < 4.78 is 5.80. The average molecular weight is 469 g/mol. The van der Waals surface area contributed by atoms with Crippen molar-refractivity contribution in [3.8, 4) is 5.75 Å². The molecule has 3 unspecified atom stereocenters. The molecule has 1 aliphatic carbocycles. The summed E-state index contributed by atoms with van der Waals surface area (Å²) in [7, 11) is 0. The molecular weight excluding hydrogens is 437 g/mol. The molecule has 0 aromatic heterocycles. The first kappa shape index (κ1) is 19.8. The fourth-order valence-corrected chi connectivity index (χ4v) is 4.81. The van der Waals surface area contributed by atoms with Crippen molar-refractivity contribution < 1.29 is 4.74 Å². The predicted octanol–water partition coefficient (Wildman–Crippen LogP) is 4.26. The molecular formula is C21H32IN3O. The molecule has 1 saturated carbocycles. The Morgan fingerprint density at radius 2 is 1.88 bits per heavy atom. The quantitative estimate of drug-likeness (QED) is 0.409. The van der Waals surface area contributed by atoms with Gasteiger partial charge in [-0.1, -0.05) is 31.0 Å². The number of nitrogens with one attached hydrogen (secondary N) is 1. The highest BCUT2D eigenvalue weighted by Crippen LogP contribution is 2.36. The van der Waals surface area contributed by atoms with Gasteiger partial charge in [0.1, 0.15) is 5.75 Å². The summed E-state index contributed by atoms with van der Waals surface area (Å²) in [5.74, 6) is 4.43. The molecule has 1 aromatic rings. The Morgan fingerprint density at radius 3 is 2.62 bits per heavy atom. The Morgan fingerprint density at radius 1 is 1.15 bits per heavy atom. The summed E-state index contributed by atoms with van der Waals surface area (Å²) in [6.45, 7) is 7.16. The van der Waals surface area contributed by atoms with Gasteiger partial charge >= 0.3 is 0 Å². The number of nitrogens with zero attached hydrogens (tertiary/aromatic N) is 2. The van der Waals surface area contributed by atoms with Crippen LogP contribution in [0.15, 0.2) is 29.3 Å². The highest BCUT2D eigenvalue weighted by molar-refractivity contribution is 14.0. The van der Waals surface area contributed by atoms with Gasteiger partial charge in [-0.05, 0) is 49.7 Å². The van der Waals surface area contributed by atoms with Crippen molar-refractivity contribution in [2.75, 3.05) is 32.8 Å². The van der Waals surface area contributed by atoms with Crippen LogP contribution in [0.2, 0.25) is 0 Å². The largest absolute Gasteiger partial charge is 0.493 e. The third-order valence-corrected chi connectivity index (χ3v) is 6.15. The number of ether oxygens (including phenoxy) is 1. The van der Waals surface area contributed by atoms with Crippen LogP contribution in [0.5, 0.6) is 5.75 Å². The van der Waals surface area contributed by atoms with E-state index in [0.717, 1.165) is 49.7 Å². The van der Waals surface area contributed by atoms with E-state index in [9.17, 15) is 0 Å². The number of likely N-dealkylation sites (tertiary alicyclic amines) is 1. The molecule has 0 bridgehead atoms. The van der Waals surface area contributed by atoms with Gasteiger partial charge in [-0.25, -0.2) is 0 Å². The van der Waals surface area contributed by atoms with E-state index in [2.05, 4.69) is 41.4 Å². The molecule has 1 N–H and O–H groups in total. The fraction of sp³-hybridized carbons (Fsp3) is 0.667. The van der Waals surface area contributed by atoms with Crippen molar-refractivity contribution in [3.05, 3.63) is 29.8 Å². The van der Waals surface area contributed by atoms with Crippen molar-refractivity contribution in [1.82, 2.24) is 10.2 Å². The normalized spacial score (nSPS) is 27.8. The maximum absolute atomic E-state index is 5.80. The minimum atomic E-state index is 0. The van der Waals surface area contributed by atoms with Gasteiger partial charge in [-0.3, -0.25) is 4.99 Å². The molecule has 2 aliphatic heterocycles. The van der Waals surface area contributed by atoms with Crippen LogP contribution in [0, 0.1) is 11.8 Å². The first-order chi connectivity index (χ1) is 12.3. The molecule has 0 spiro atoms. The standard InChI is InChI=1S/C21H31N3O.HI/c1-2-22-21(24-14-17-7-3-4-8-18(17)15-24)23-13-16-11-12-25-20-10-6-5-9-19(16)20;/h5-6,9-10,16-18H,2-4,7-8,11-15H2,1H3,(H,22,23);1H. The molecule has 2 heterocycles. The zero-order valence-corrected chi connectivity index (χ0v) is 18.2. The van der Waals surface area contributed by atoms with Crippen LogP contribution in [0.4, 0.5) is 0 Å². The van der Waals surface area contributed by atoms with Crippen molar-refractivity contribution in [3.63, 3.8) is 0 Å². The van der Waals surface area contributed by atoms with E-state index in [1.165, 1.54) is 44.3 Å². The zero-order valence-electron chi connectivity index (χ0n) is 15.8. The summed E-state index contributed by atoms with van der Waals surface area (Å²) in [6, 6.07) is 8.45. The fourth-order valence-electron chi connectivity index (χ4n) is 4.81. The Balaban J connectivity index is 0.00000196. The lowest BCUT2D eigenvalue weighted by Crippen LogP contribution is -2.40. The summed E-state index contributed by atoms with van der Waals surface area (Å²) in [5.41, 5.74) is 1.32. The number of guanidine groups is 1. The van der Waals surface area contributed by atoms with E-state index >= 15 is 0 Å². The van der Waals surface area contributed by atoms with E-state index in [4.69, 9.17) is 9.73 Å². The molecule has 3 aliphatic rings. The first-order valence-corrected chi connectivity index (χ1v) is 10.1. The summed E-state index contributed by atoms with van der Waals surface area (Å²) in [5, 5.41) is 3.54. The van der Waals surface area contributed by atoms with Crippen LogP contribution in [0.1, 0.15) is 50.5 Å². The Bertz CT molecular complexity index is 607. The van der Waals surface area contributed by atoms with Crippen LogP contribution in [-0.4, -0.2) is 43.6 Å². The zero-order chi connectivity index (χ0) is 17.1. The van der Waals surface area contributed by atoms with Crippen molar-refractivity contribution >= 4 is 29.9 Å². The number of fused-ring (bicyclic) bond motifs is 2. The van der Waals surface area contributed by atoms with E-state index in [-0.39, 0.29) is 24.0 Å².